The summed E-state index contributed by atoms with van der Waals surface area (Å²) in [7, 11) is 0. The average molecular weight is 338 g/mol. The maximum atomic E-state index is 11.9. The summed E-state index contributed by atoms with van der Waals surface area (Å²) in [6.07, 6.45) is 10.6. The van der Waals surface area contributed by atoms with Crippen LogP contribution in [0.4, 0.5) is 0 Å². The molecule has 0 saturated carbocycles. The lowest BCUT2D eigenvalue weighted by molar-refractivity contribution is -0.127. The fraction of sp³-hybridized carbons (Fsp3) is 0.905. The molecule has 1 rings (SSSR count). The Balaban J connectivity index is 2.41. The topological polar surface area (TPSA) is 46.2 Å². The molecular weight excluding hydrogens is 298 g/mol. The van der Waals surface area contributed by atoms with Gasteiger partial charge in [0.1, 0.15) is 0 Å². The van der Waals surface area contributed by atoms with Crippen molar-refractivity contribution >= 4 is 11.8 Å². The number of hydrogen-bond donors (Lipinski definition) is 1. The molecule has 2 atom stereocenters. The molecule has 1 saturated heterocycles. The SMILES string of the molecule is CCCCCCC(C)(C)CCCC(C)(C)C(C)C1CC(=O)NC1=O. The highest BCUT2D eigenvalue weighted by Gasteiger charge is 2.41. The number of imide groups is 1. The second-order valence-electron chi connectivity index (χ2n) is 9.33. The summed E-state index contributed by atoms with van der Waals surface area (Å²) in [6, 6.07) is 0. The van der Waals surface area contributed by atoms with Crippen molar-refractivity contribution in [3.8, 4) is 0 Å². The van der Waals surface area contributed by atoms with Crippen LogP contribution in [0.3, 0.4) is 0 Å². The number of carbonyl (C=O) groups excluding carboxylic acids is 2. The van der Waals surface area contributed by atoms with Gasteiger partial charge in [-0.1, -0.05) is 73.6 Å². The third kappa shape index (κ3) is 6.57. The summed E-state index contributed by atoms with van der Waals surface area (Å²) in [4.78, 5) is 23.4. The van der Waals surface area contributed by atoms with Gasteiger partial charge in [-0.05, 0) is 36.0 Å². The van der Waals surface area contributed by atoms with E-state index in [1.165, 1.54) is 44.9 Å². The Morgan fingerprint density at radius 1 is 1.00 bits per heavy atom. The maximum Gasteiger partial charge on any atom is 0.230 e. The molecule has 2 unspecified atom stereocenters. The van der Waals surface area contributed by atoms with Gasteiger partial charge in [0.25, 0.3) is 0 Å². The second kappa shape index (κ2) is 9.01. The minimum absolute atomic E-state index is 0.0724. The monoisotopic (exact) mass is 337 g/mol. The molecule has 3 nitrogen and oxygen atoms in total. The van der Waals surface area contributed by atoms with Crippen LogP contribution < -0.4 is 5.32 Å². The first-order chi connectivity index (χ1) is 11.1. The van der Waals surface area contributed by atoms with Gasteiger partial charge in [-0.2, -0.15) is 0 Å². The molecule has 1 heterocycles. The van der Waals surface area contributed by atoms with Crippen molar-refractivity contribution < 1.29 is 9.59 Å². The smallest absolute Gasteiger partial charge is 0.230 e. The molecule has 0 aromatic rings. The van der Waals surface area contributed by atoms with Crippen molar-refractivity contribution in [2.45, 2.75) is 99.3 Å². The number of rotatable bonds is 11. The van der Waals surface area contributed by atoms with Crippen LogP contribution in [-0.2, 0) is 9.59 Å². The van der Waals surface area contributed by atoms with Crippen molar-refractivity contribution in [1.82, 2.24) is 5.32 Å². The Kier molecular flexibility index (Phi) is 7.95. The Morgan fingerprint density at radius 2 is 1.62 bits per heavy atom. The maximum absolute atomic E-state index is 11.9. The van der Waals surface area contributed by atoms with E-state index in [0.29, 0.717) is 11.8 Å². The number of hydrogen-bond acceptors (Lipinski definition) is 2. The third-order valence-electron chi connectivity index (χ3n) is 6.22. The molecule has 140 valence electrons. The number of unbranched alkanes of at least 4 members (excludes halogenated alkanes) is 3. The molecule has 0 aromatic carbocycles. The van der Waals surface area contributed by atoms with E-state index in [1.807, 2.05) is 0 Å². The fourth-order valence-electron chi connectivity index (χ4n) is 3.93. The van der Waals surface area contributed by atoms with Gasteiger partial charge in [-0.3, -0.25) is 14.9 Å². The van der Waals surface area contributed by atoms with E-state index in [1.54, 1.807) is 0 Å². The molecule has 0 radical (unpaired) electrons. The van der Waals surface area contributed by atoms with Crippen LogP contribution >= 0.6 is 0 Å². The van der Waals surface area contributed by atoms with E-state index >= 15 is 0 Å². The minimum Gasteiger partial charge on any atom is -0.296 e. The van der Waals surface area contributed by atoms with Crippen molar-refractivity contribution in [1.29, 1.82) is 0 Å². The van der Waals surface area contributed by atoms with Gasteiger partial charge in [0.05, 0.1) is 5.92 Å². The molecule has 0 aliphatic carbocycles. The molecule has 24 heavy (non-hydrogen) atoms. The zero-order valence-corrected chi connectivity index (χ0v) is 16.8. The lowest BCUT2D eigenvalue weighted by Crippen LogP contribution is -2.33. The molecule has 0 aromatic heterocycles. The zero-order valence-electron chi connectivity index (χ0n) is 16.8. The summed E-state index contributed by atoms with van der Waals surface area (Å²) in [5, 5.41) is 2.46. The summed E-state index contributed by atoms with van der Waals surface area (Å²) in [6.45, 7) is 13.7. The van der Waals surface area contributed by atoms with E-state index in [-0.39, 0.29) is 29.1 Å². The third-order valence-corrected chi connectivity index (χ3v) is 6.22. The van der Waals surface area contributed by atoms with E-state index < -0.39 is 0 Å². The fourth-order valence-corrected chi connectivity index (χ4v) is 3.93. The van der Waals surface area contributed by atoms with Crippen molar-refractivity contribution in [3.05, 3.63) is 0 Å². The molecular formula is C21H39NO2. The predicted molar refractivity (Wildman–Crippen MR) is 101 cm³/mol. The molecule has 1 aliphatic heterocycles. The van der Waals surface area contributed by atoms with Gasteiger partial charge < -0.3 is 0 Å². The van der Waals surface area contributed by atoms with Crippen LogP contribution in [0.15, 0.2) is 0 Å². The number of nitrogens with one attached hydrogen (secondary N) is 1. The summed E-state index contributed by atoms with van der Waals surface area (Å²) >= 11 is 0. The van der Waals surface area contributed by atoms with E-state index in [4.69, 9.17) is 0 Å². The molecule has 1 fully saturated rings. The highest BCUT2D eigenvalue weighted by Crippen LogP contribution is 2.41. The van der Waals surface area contributed by atoms with Crippen molar-refractivity contribution in [2.24, 2.45) is 22.7 Å². The Morgan fingerprint density at radius 3 is 2.17 bits per heavy atom. The molecule has 1 N–H and O–H groups in total. The van der Waals surface area contributed by atoms with Crippen molar-refractivity contribution in [3.63, 3.8) is 0 Å². The molecule has 0 spiro atoms. The van der Waals surface area contributed by atoms with Gasteiger partial charge in [0.2, 0.25) is 11.8 Å². The predicted octanol–water partition coefficient (Wildman–Crippen LogP) is 5.48. The zero-order chi connectivity index (χ0) is 18.4. The van der Waals surface area contributed by atoms with Gasteiger partial charge in [0, 0.05) is 6.42 Å². The van der Waals surface area contributed by atoms with Gasteiger partial charge in [-0.25, -0.2) is 0 Å². The minimum atomic E-state index is -0.144. The van der Waals surface area contributed by atoms with Crippen LogP contribution in [0.1, 0.15) is 99.3 Å². The van der Waals surface area contributed by atoms with E-state index in [9.17, 15) is 9.59 Å². The Labute approximate surface area is 149 Å². The molecule has 3 heteroatoms. The Hall–Kier alpha value is -0.860. The first-order valence-corrected chi connectivity index (χ1v) is 9.93. The van der Waals surface area contributed by atoms with Crippen LogP contribution in [0.5, 0.6) is 0 Å². The average Bonchev–Trinajstić information content (AvgIpc) is 2.81. The molecule has 2 amide bonds. The first-order valence-electron chi connectivity index (χ1n) is 9.93. The van der Waals surface area contributed by atoms with E-state index in [2.05, 4.69) is 46.9 Å². The quantitative estimate of drug-likeness (QED) is 0.401. The lowest BCUT2D eigenvalue weighted by Gasteiger charge is -2.36. The van der Waals surface area contributed by atoms with Gasteiger partial charge in [0.15, 0.2) is 0 Å². The van der Waals surface area contributed by atoms with Crippen LogP contribution in [-0.4, -0.2) is 11.8 Å². The first kappa shape index (κ1) is 21.2. The number of amides is 2. The highest BCUT2D eigenvalue weighted by molar-refractivity contribution is 6.03. The van der Waals surface area contributed by atoms with Crippen LogP contribution in [0, 0.1) is 22.7 Å². The Bertz CT molecular complexity index is 426. The van der Waals surface area contributed by atoms with Crippen LogP contribution in [0.25, 0.3) is 0 Å². The standard InChI is InChI=1S/C21H39NO2/c1-7-8-9-10-12-20(3,4)13-11-14-21(5,6)16(2)17-15-18(23)22-19(17)24/h16-17H,7-15H2,1-6H3,(H,22,23,24). The normalized spacial score (nSPS) is 20.3. The van der Waals surface area contributed by atoms with Crippen molar-refractivity contribution in [2.75, 3.05) is 0 Å². The largest absolute Gasteiger partial charge is 0.296 e. The number of carbonyl (C=O) groups is 2. The summed E-state index contributed by atoms with van der Waals surface area (Å²) in [5.74, 6) is -0.0936. The van der Waals surface area contributed by atoms with E-state index in [0.717, 1.165) is 6.42 Å². The molecule has 1 aliphatic rings. The molecule has 0 bridgehead atoms. The van der Waals surface area contributed by atoms with Gasteiger partial charge >= 0.3 is 0 Å². The second-order valence-corrected chi connectivity index (χ2v) is 9.33. The van der Waals surface area contributed by atoms with Crippen LogP contribution in [0.2, 0.25) is 0 Å². The highest BCUT2D eigenvalue weighted by atomic mass is 16.2. The van der Waals surface area contributed by atoms with Gasteiger partial charge in [-0.15, -0.1) is 0 Å². The summed E-state index contributed by atoms with van der Waals surface area (Å²) in [5.41, 5.74) is 0.499. The summed E-state index contributed by atoms with van der Waals surface area (Å²) < 4.78 is 0. The lowest BCUT2D eigenvalue weighted by atomic mass is 9.68.